The lowest BCUT2D eigenvalue weighted by atomic mass is 10.1. The molecule has 0 radical (unpaired) electrons. The first-order valence-corrected chi connectivity index (χ1v) is 12.1. The van der Waals surface area contributed by atoms with E-state index in [1.54, 1.807) is 0 Å². The zero-order valence-corrected chi connectivity index (χ0v) is 20.1. The van der Waals surface area contributed by atoms with Gasteiger partial charge in [0, 0.05) is 12.2 Å². The molecule has 0 fully saturated rings. The Morgan fingerprint density at radius 3 is 1.40 bits per heavy atom. The lowest BCUT2D eigenvalue weighted by Crippen LogP contribution is -2.01. The van der Waals surface area contributed by atoms with E-state index in [-0.39, 0.29) is 11.9 Å². The molecule has 0 heterocycles. The van der Waals surface area contributed by atoms with Crippen molar-refractivity contribution in [2.75, 3.05) is 13.2 Å². The largest absolute Gasteiger partial charge is 0.463 e. The van der Waals surface area contributed by atoms with Gasteiger partial charge in [-0.15, -0.1) is 0 Å². The Morgan fingerprint density at radius 2 is 1.03 bits per heavy atom. The highest BCUT2D eigenvalue weighted by atomic mass is 16.5. The van der Waals surface area contributed by atoms with E-state index in [4.69, 9.17) is 9.47 Å². The number of carbonyl (C=O) groups is 2. The fourth-order valence-electron chi connectivity index (χ4n) is 2.88. The molecule has 0 aliphatic carbocycles. The summed E-state index contributed by atoms with van der Waals surface area (Å²) in [7, 11) is 0. The van der Waals surface area contributed by atoms with Crippen LogP contribution in [0.15, 0.2) is 25.3 Å². The van der Waals surface area contributed by atoms with Crippen LogP contribution in [0.2, 0.25) is 0 Å². The smallest absolute Gasteiger partial charge is 0.330 e. The van der Waals surface area contributed by atoms with Crippen LogP contribution in [0.5, 0.6) is 0 Å². The van der Waals surface area contributed by atoms with E-state index in [0.717, 1.165) is 25.2 Å². The lowest BCUT2D eigenvalue weighted by Gasteiger charge is -2.04. The summed E-state index contributed by atoms with van der Waals surface area (Å²) < 4.78 is 9.75. The Bertz CT molecular complexity index is 415. The fourth-order valence-corrected chi connectivity index (χ4v) is 2.88. The van der Waals surface area contributed by atoms with Gasteiger partial charge in [0.1, 0.15) is 0 Å². The molecule has 0 aromatic rings. The maximum atomic E-state index is 10.7. The Kier molecular flexibility index (Phi) is 26.0. The van der Waals surface area contributed by atoms with Crippen molar-refractivity contribution in [1.29, 1.82) is 0 Å². The Hall–Kier alpha value is -1.58. The van der Waals surface area contributed by atoms with Crippen LogP contribution in [0, 0.1) is 5.92 Å². The molecule has 4 heteroatoms. The van der Waals surface area contributed by atoms with Crippen molar-refractivity contribution in [2.45, 2.75) is 111 Å². The number of hydrogen-bond acceptors (Lipinski definition) is 4. The number of unbranched alkanes of at least 4 members (excludes halogenated alkanes) is 11. The number of ether oxygens (including phenoxy) is 2. The fraction of sp³-hybridized carbons (Fsp3) is 0.769. The summed E-state index contributed by atoms with van der Waals surface area (Å²) in [5, 5.41) is 0. The molecule has 0 saturated carbocycles. The van der Waals surface area contributed by atoms with Gasteiger partial charge in [-0.25, -0.2) is 9.59 Å². The average molecular weight is 425 g/mol. The van der Waals surface area contributed by atoms with Crippen molar-refractivity contribution in [1.82, 2.24) is 0 Å². The van der Waals surface area contributed by atoms with Gasteiger partial charge in [-0.3, -0.25) is 0 Å². The molecule has 0 amide bonds. The quantitative estimate of drug-likeness (QED) is 0.122. The molecular weight excluding hydrogens is 376 g/mol. The van der Waals surface area contributed by atoms with Crippen LogP contribution >= 0.6 is 0 Å². The normalized spacial score (nSPS) is 10.1. The molecular formula is C26H48O4. The molecule has 0 spiro atoms. The van der Waals surface area contributed by atoms with E-state index in [2.05, 4.69) is 33.9 Å². The minimum atomic E-state index is -0.316. The molecule has 30 heavy (non-hydrogen) atoms. The highest BCUT2D eigenvalue weighted by molar-refractivity contribution is 5.81. The number of hydrogen-bond donors (Lipinski definition) is 0. The predicted molar refractivity (Wildman–Crippen MR) is 127 cm³/mol. The van der Waals surface area contributed by atoms with E-state index >= 15 is 0 Å². The highest BCUT2D eigenvalue weighted by Crippen LogP contribution is 2.10. The molecule has 0 bridgehead atoms. The summed E-state index contributed by atoms with van der Waals surface area (Å²) in [5.41, 5.74) is 0. The second-order valence-corrected chi connectivity index (χ2v) is 8.17. The number of carbonyl (C=O) groups excluding carboxylic acids is 2. The van der Waals surface area contributed by atoms with E-state index in [0.29, 0.717) is 13.2 Å². The van der Waals surface area contributed by atoms with Crippen LogP contribution in [0.1, 0.15) is 111 Å². The van der Waals surface area contributed by atoms with Gasteiger partial charge < -0.3 is 9.47 Å². The monoisotopic (exact) mass is 424 g/mol. The van der Waals surface area contributed by atoms with Crippen LogP contribution < -0.4 is 0 Å². The van der Waals surface area contributed by atoms with Gasteiger partial charge in [0.15, 0.2) is 0 Å². The zero-order valence-electron chi connectivity index (χ0n) is 20.1. The molecule has 0 N–H and O–H groups in total. The summed E-state index contributed by atoms with van der Waals surface area (Å²) in [6.45, 7) is 14.4. The minimum Gasteiger partial charge on any atom is -0.463 e. The van der Waals surface area contributed by atoms with Crippen molar-refractivity contribution >= 4 is 11.9 Å². The van der Waals surface area contributed by atoms with Crippen molar-refractivity contribution < 1.29 is 19.1 Å². The van der Waals surface area contributed by atoms with Crippen LogP contribution in [0.4, 0.5) is 0 Å². The third kappa shape index (κ3) is 28.6. The van der Waals surface area contributed by atoms with E-state index < -0.39 is 0 Å². The Labute approximate surface area is 186 Å². The molecule has 0 rings (SSSR count). The Morgan fingerprint density at radius 1 is 0.667 bits per heavy atom. The number of esters is 2. The zero-order chi connectivity index (χ0) is 22.9. The molecule has 0 atom stereocenters. The highest BCUT2D eigenvalue weighted by Gasteiger charge is 1.97. The van der Waals surface area contributed by atoms with Gasteiger partial charge in [-0.1, -0.05) is 111 Å². The molecule has 0 aliphatic rings. The predicted octanol–water partition coefficient (Wildman–Crippen LogP) is 7.57. The summed E-state index contributed by atoms with van der Waals surface area (Å²) in [4.78, 5) is 21.3. The van der Waals surface area contributed by atoms with Crippen LogP contribution in [0.3, 0.4) is 0 Å². The van der Waals surface area contributed by atoms with E-state index in [1.807, 2.05) is 0 Å². The van der Waals surface area contributed by atoms with Crippen molar-refractivity contribution in [3.05, 3.63) is 25.3 Å². The summed E-state index contributed by atoms with van der Waals surface area (Å²) >= 11 is 0. The molecule has 0 aromatic carbocycles. The SMILES string of the molecule is C=CC(=O)OCCCCCC(C)C.C=CC(=O)OCCCCCCCCCCCC. The topological polar surface area (TPSA) is 52.6 Å². The van der Waals surface area contributed by atoms with Crippen molar-refractivity contribution in [3.8, 4) is 0 Å². The second kappa shape index (κ2) is 25.5. The van der Waals surface area contributed by atoms with E-state index in [9.17, 15) is 9.59 Å². The van der Waals surface area contributed by atoms with Gasteiger partial charge in [0.2, 0.25) is 0 Å². The Balaban J connectivity index is 0. The van der Waals surface area contributed by atoms with Crippen molar-refractivity contribution in [3.63, 3.8) is 0 Å². The summed E-state index contributed by atoms with van der Waals surface area (Å²) in [6, 6.07) is 0. The number of rotatable bonds is 19. The van der Waals surface area contributed by atoms with Gasteiger partial charge >= 0.3 is 11.9 Å². The maximum absolute atomic E-state index is 10.7. The minimum absolute atomic E-state index is 0.305. The standard InChI is InChI=1S/C15H28O2.C11H20O2/c1-3-5-6-7-8-9-10-11-12-13-14-17-15(16)4-2;1-4-11(12)13-9-7-5-6-8-10(2)3/h4H,2-3,5-14H2,1H3;4,10H,1,5-9H2,2-3H3. The molecule has 0 aliphatic heterocycles. The van der Waals surface area contributed by atoms with Crippen LogP contribution in [0.25, 0.3) is 0 Å². The molecule has 0 unspecified atom stereocenters. The second-order valence-electron chi connectivity index (χ2n) is 8.17. The summed E-state index contributed by atoms with van der Waals surface area (Å²) in [6.07, 6.45) is 20.0. The average Bonchev–Trinajstić information content (AvgIpc) is 2.74. The van der Waals surface area contributed by atoms with Crippen LogP contribution in [-0.4, -0.2) is 25.2 Å². The molecule has 0 aromatic heterocycles. The lowest BCUT2D eigenvalue weighted by molar-refractivity contribution is -0.138. The third-order valence-electron chi connectivity index (χ3n) is 4.75. The first-order chi connectivity index (χ1) is 14.5. The van der Waals surface area contributed by atoms with E-state index in [1.165, 1.54) is 82.8 Å². The van der Waals surface area contributed by atoms with Gasteiger partial charge in [0.25, 0.3) is 0 Å². The first-order valence-electron chi connectivity index (χ1n) is 12.1. The molecule has 4 nitrogen and oxygen atoms in total. The molecule has 0 saturated heterocycles. The van der Waals surface area contributed by atoms with Gasteiger partial charge in [-0.05, 0) is 18.8 Å². The van der Waals surface area contributed by atoms with Crippen LogP contribution in [-0.2, 0) is 19.1 Å². The third-order valence-corrected chi connectivity index (χ3v) is 4.75. The molecule has 176 valence electrons. The van der Waals surface area contributed by atoms with Gasteiger partial charge in [-0.2, -0.15) is 0 Å². The first kappa shape index (κ1) is 30.6. The maximum Gasteiger partial charge on any atom is 0.330 e. The van der Waals surface area contributed by atoms with Gasteiger partial charge in [0.05, 0.1) is 13.2 Å². The van der Waals surface area contributed by atoms with Crippen molar-refractivity contribution in [2.24, 2.45) is 5.92 Å². The summed E-state index contributed by atoms with van der Waals surface area (Å²) in [5.74, 6) is 0.153.